The smallest absolute Gasteiger partial charge is 0.261 e. The molecule has 0 bridgehead atoms. The minimum atomic E-state index is -0.135. The third-order valence-electron chi connectivity index (χ3n) is 4.15. The van der Waals surface area contributed by atoms with Crippen molar-refractivity contribution in [2.24, 2.45) is 5.92 Å². The molecule has 0 radical (unpaired) electrons. The summed E-state index contributed by atoms with van der Waals surface area (Å²) in [5.41, 5.74) is 1.32. The number of halogens is 1. The Kier molecular flexibility index (Phi) is 4.47. The fraction of sp³-hybridized carbons (Fsp3) is 0.533. The van der Waals surface area contributed by atoms with Crippen molar-refractivity contribution in [1.29, 1.82) is 0 Å². The highest BCUT2D eigenvalue weighted by Crippen LogP contribution is 2.23. The lowest BCUT2D eigenvalue weighted by Gasteiger charge is -2.29. The third kappa shape index (κ3) is 3.32. The van der Waals surface area contributed by atoms with E-state index in [1.165, 1.54) is 17.7 Å². The summed E-state index contributed by atoms with van der Waals surface area (Å²) in [5, 5.41) is 11.4. The number of rotatable bonds is 4. The zero-order valence-electron chi connectivity index (χ0n) is 12.5. The van der Waals surface area contributed by atoms with Crippen molar-refractivity contribution in [3.8, 4) is 0 Å². The van der Waals surface area contributed by atoms with Gasteiger partial charge in [0.05, 0.1) is 0 Å². The Bertz CT molecular complexity index is 673. The first-order valence-electron chi connectivity index (χ1n) is 7.57. The Morgan fingerprint density at radius 3 is 3.09 bits per heavy atom. The molecule has 1 heterocycles. The van der Waals surface area contributed by atoms with Crippen LogP contribution in [0.5, 0.6) is 0 Å². The zero-order valence-corrected chi connectivity index (χ0v) is 13.2. The monoisotopic (exact) mass is 322 g/mol. The van der Waals surface area contributed by atoms with E-state index in [1.807, 2.05) is 0 Å². The average molecular weight is 323 g/mol. The second kappa shape index (κ2) is 6.52. The molecular formula is C15H19ClN4O2. The van der Waals surface area contributed by atoms with Gasteiger partial charge in [-0.3, -0.25) is 4.79 Å². The first kappa shape index (κ1) is 15.1. The van der Waals surface area contributed by atoms with Crippen LogP contribution in [0.4, 0.5) is 0 Å². The summed E-state index contributed by atoms with van der Waals surface area (Å²) in [5.74, 6) is 0.383. The normalized spacial score (nSPS) is 21.7. The van der Waals surface area contributed by atoms with Crippen LogP contribution in [0.25, 0.3) is 11.0 Å². The van der Waals surface area contributed by atoms with Crippen LogP contribution in [0.2, 0.25) is 5.02 Å². The van der Waals surface area contributed by atoms with E-state index in [2.05, 4.69) is 22.6 Å². The number of fused-ring (bicyclic) bond motifs is 1. The maximum Gasteiger partial charge on any atom is 0.261 e. The van der Waals surface area contributed by atoms with E-state index in [1.54, 1.807) is 18.2 Å². The van der Waals surface area contributed by atoms with Crippen LogP contribution in [-0.2, 0) is 4.79 Å². The molecule has 1 aromatic carbocycles. The number of carbonyl (C=O) groups excluding carboxylic acids is 1. The molecule has 1 fully saturated rings. The van der Waals surface area contributed by atoms with Crippen LogP contribution in [0.15, 0.2) is 18.2 Å². The van der Waals surface area contributed by atoms with Gasteiger partial charge in [0, 0.05) is 11.1 Å². The van der Waals surface area contributed by atoms with Crippen molar-refractivity contribution in [1.82, 2.24) is 20.5 Å². The minimum absolute atomic E-state index is 0.0891. The minimum Gasteiger partial charge on any atom is -0.385 e. The van der Waals surface area contributed by atoms with E-state index in [-0.39, 0.29) is 18.6 Å². The summed E-state index contributed by atoms with van der Waals surface area (Å²) < 4.78 is 0. The van der Waals surface area contributed by atoms with Gasteiger partial charge in [-0.15, -0.1) is 5.10 Å². The molecule has 1 aliphatic carbocycles. The lowest BCUT2D eigenvalue weighted by molar-refractivity contribution is -0.127. The number of aromatic nitrogens is 3. The predicted molar refractivity (Wildman–Crippen MR) is 83.5 cm³/mol. The fourth-order valence-corrected chi connectivity index (χ4v) is 3.03. The number of benzene rings is 1. The van der Waals surface area contributed by atoms with Crippen molar-refractivity contribution < 1.29 is 9.63 Å². The molecule has 118 valence electrons. The van der Waals surface area contributed by atoms with Crippen LogP contribution in [0.1, 0.15) is 32.6 Å². The van der Waals surface area contributed by atoms with Crippen molar-refractivity contribution in [3.63, 3.8) is 0 Å². The molecule has 7 heteroatoms. The highest BCUT2D eigenvalue weighted by atomic mass is 35.5. The molecule has 0 aliphatic heterocycles. The second-order valence-electron chi connectivity index (χ2n) is 5.80. The van der Waals surface area contributed by atoms with Crippen LogP contribution in [0.3, 0.4) is 0 Å². The van der Waals surface area contributed by atoms with Crippen LogP contribution < -0.4 is 10.2 Å². The molecule has 22 heavy (non-hydrogen) atoms. The van der Waals surface area contributed by atoms with Gasteiger partial charge in [-0.05, 0) is 42.2 Å². The Hall–Kier alpha value is -1.82. The maximum atomic E-state index is 12.0. The molecule has 1 aliphatic rings. The van der Waals surface area contributed by atoms with E-state index in [0.29, 0.717) is 22.0 Å². The molecular weight excluding hydrogens is 304 g/mol. The molecule has 3 rings (SSSR count). The maximum absolute atomic E-state index is 12.0. The number of hydrogen-bond acceptors (Lipinski definition) is 4. The topological polar surface area (TPSA) is 69.0 Å². The molecule has 1 aromatic heterocycles. The Labute approximate surface area is 133 Å². The molecule has 0 spiro atoms. The standard InChI is InChI=1S/C15H19ClN4O2/c1-10-4-2-3-5-12(10)17-15(21)9-22-20-14-8-11(16)6-7-13(14)18-19-20/h6-8,10,12H,2-5,9H2,1H3,(H,17,21). The van der Waals surface area contributed by atoms with Gasteiger partial charge in [0.25, 0.3) is 5.91 Å². The van der Waals surface area contributed by atoms with Crippen LogP contribution in [0, 0.1) is 5.92 Å². The second-order valence-corrected chi connectivity index (χ2v) is 6.24. The van der Waals surface area contributed by atoms with Gasteiger partial charge in [0.15, 0.2) is 6.61 Å². The summed E-state index contributed by atoms with van der Waals surface area (Å²) in [6.45, 7) is 2.09. The summed E-state index contributed by atoms with van der Waals surface area (Å²) >= 11 is 5.95. The van der Waals surface area contributed by atoms with Crippen molar-refractivity contribution >= 4 is 28.5 Å². The van der Waals surface area contributed by atoms with Crippen molar-refractivity contribution in [2.45, 2.75) is 38.6 Å². The van der Waals surface area contributed by atoms with Crippen LogP contribution >= 0.6 is 11.6 Å². The van der Waals surface area contributed by atoms with E-state index in [9.17, 15) is 4.79 Å². The summed E-state index contributed by atoms with van der Waals surface area (Å²) in [7, 11) is 0. The SMILES string of the molecule is CC1CCCCC1NC(=O)COn1nnc2ccc(Cl)cc21. The predicted octanol–water partition coefficient (Wildman–Crippen LogP) is 2.21. The summed E-state index contributed by atoms with van der Waals surface area (Å²) in [6, 6.07) is 5.44. The number of amides is 1. The van der Waals surface area contributed by atoms with E-state index < -0.39 is 0 Å². The average Bonchev–Trinajstić information content (AvgIpc) is 2.90. The Balaban J connectivity index is 1.59. The molecule has 6 nitrogen and oxygen atoms in total. The molecule has 1 N–H and O–H groups in total. The summed E-state index contributed by atoms with van der Waals surface area (Å²) in [6.07, 6.45) is 4.62. The fourth-order valence-electron chi connectivity index (χ4n) is 2.87. The number of nitrogens with zero attached hydrogens (tertiary/aromatic N) is 3. The van der Waals surface area contributed by atoms with Gasteiger partial charge < -0.3 is 10.2 Å². The first-order valence-corrected chi connectivity index (χ1v) is 7.95. The number of carbonyl (C=O) groups is 1. The van der Waals surface area contributed by atoms with Gasteiger partial charge in [0.2, 0.25) is 0 Å². The molecule has 2 atom stereocenters. The van der Waals surface area contributed by atoms with Gasteiger partial charge in [-0.25, -0.2) is 0 Å². The highest BCUT2D eigenvalue weighted by molar-refractivity contribution is 6.31. The van der Waals surface area contributed by atoms with Gasteiger partial charge in [0.1, 0.15) is 11.0 Å². The third-order valence-corrected chi connectivity index (χ3v) is 4.39. The Morgan fingerprint density at radius 1 is 1.45 bits per heavy atom. The van der Waals surface area contributed by atoms with Crippen molar-refractivity contribution in [2.75, 3.05) is 6.61 Å². The van der Waals surface area contributed by atoms with Crippen LogP contribution in [-0.4, -0.2) is 33.7 Å². The molecule has 1 saturated carbocycles. The number of hydrogen-bond donors (Lipinski definition) is 1. The molecule has 2 aromatic rings. The highest BCUT2D eigenvalue weighted by Gasteiger charge is 2.23. The zero-order chi connectivity index (χ0) is 15.5. The molecule has 1 amide bonds. The van der Waals surface area contributed by atoms with Gasteiger partial charge in [-0.2, -0.15) is 0 Å². The lowest BCUT2D eigenvalue weighted by atomic mass is 9.86. The first-order chi connectivity index (χ1) is 10.6. The van der Waals surface area contributed by atoms with Gasteiger partial charge in [-0.1, -0.05) is 36.2 Å². The van der Waals surface area contributed by atoms with E-state index in [0.717, 1.165) is 12.8 Å². The summed E-state index contributed by atoms with van der Waals surface area (Å²) in [4.78, 5) is 18.7. The lowest BCUT2D eigenvalue weighted by Crippen LogP contribution is -2.43. The molecule has 0 saturated heterocycles. The Morgan fingerprint density at radius 2 is 2.27 bits per heavy atom. The van der Waals surface area contributed by atoms with Gasteiger partial charge >= 0.3 is 0 Å². The van der Waals surface area contributed by atoms with E-state index in [4.69, 9.17) is 16.4 Å². The van der Waals surface area contributed by atoms with Crippen molar-refractivity contribution in [3.05, 3.63) is 23.2 Å². The van der Waals surface area contributed by atoms with E-state index >= 15 is 0 Å². The quantitative estimate of drug-likeness (QED) is 0.937. The molecule has 2 unspecified atom stereocenters. The largest absolute Gasteiger partial charge is 0.385 e. The number of nitrogens with one attached hydrogen (secondary N) is 1.